The molecule has 0 atom stereocenters. The van der Waals surface area contributed by atoms with E-state index in [-0.39, 0.29) is 30.3 Å². The minimum Gasteiger partial charge on any atom is -0.493 e. The lowest BCUT2D eigenvalue weighted by atomic mass is 10.1. The fourth-order valence-electron chi connectivity index (χ4n) is 3.19. The number of hydrogen-bond acceptors (Lipinski definition) is 5. The fourth-order valence-corrected chi connectivity index (χ4v) is 3.19. The summed E-state index contributed by atoms with van der Waals surface area (Å²) >= 11 is 0. The number of carbonyl (C=O) groups excluding carboxylic acids is 2. The Kier molecular flexibility index (Phi) is 6.69. The summed E-state index contributed by atoms with van der Waals surface area (Å²) in [7, 11) is 0. The van der Waals surface area contributed by atoms with Crippen molar-refractivity contribution in [3.8, 4) is 5.75 Å². The molecule has 31 heavy (non-hydrogen) atoms. The van der Waals surface area contributed by atoms with Gasteiger partial charge in [0.1, 0.15) is 5.75 Å². The highest BCUT2D eigenvalue weighted by molar-refractivity contribution is 6.05. The van der Waals surface area contributed by atoms with Crippen molar-refractivity contribution < 1.29 is 14.3 Å². The molecule has 3 aromatic rings. The Hall–Kier alpha value is -3.68. The maximum absolute atomic E-state index is 12.7. The van der Waals surface area contributed by atoms with Gasteiger partial charge in [-0.05, 0) is 45.4 Å². The average Bonchev–Trinajstić information content (AvgIpc) is 2.74. The number of amides is 2. The summed E-state index contributed by atoms with van der Waals surface area (Å²) in [6.45, 7) is 7.73. The lowest BCUT2D eigenvalue weighted by molar-refractivity contribution is -0.122. The van der Waals surface area contributed by atoms with E-state index in [0.717, 1.165) is 11.1 Å². The lowest BCUT2D eigenvalue weighted by Crippen LogP contribution is -2.43. The molecule has 2 N–H and O–H groups in total. The fraction of sp³-hybridized carbons (Fsp3) is 0.304. The maximum Gasteiger partial charge on any atom is 0.290 e. The molecule has 0 radical (unpaired) electrons. The first kappa shape index (κ1) is 22.0. The molecule has 0 fully saturated rings. The van der Waals surface area contributed by atoms with E-state index in [1.165, 1.54) is 4.68 Å². The summed E-state index contributed by atoms with van der Waals surface area (Å²) in [6, 6.07) is 12.4. The van der Waals surface area contributed by atoms with Crippen LogP contribution in [0.5, 0.6) is 5.75 Å². The molecule has 1 heterocycles. The maximum atomic E-state index is 12.7. The third-order valence-electron chi connectivity index (χ3n) is 4.77. The van der Waals surface area contributed by atoms with Gasteiger partial charge in [-0.15, -0.1) is 0 Å². The van der Waals surface area contributed by atoms with E-state index in [0.29, 0.717) is 16.5 Å². The van der Waals surface area contributed by atoms with Crippen molar-refractivity contribution >= 4 is 22.6 Å². The third kappa shape index (κ3) is 5.09. The minimum absolute atomic E-state index is 0.0628. The molecule has 0 aliphatic heterocycles. The SMILES string of the molecule is Cc1ccc(OCCC(=O)NNC(=O)c2nn(C(C)C)c(=O)c3ccccc23)c(C)c1. The second kappa shape index (κ2) is 9.42. The number of fused-ring (bicyclic) bond motifs is 1. The number of rotatable bonds is 6. The van der Waals surface area contributed by atoms with Crippen molar-refractivity contribution in [2.45, 2.75) is 40.2 Å². The van der Waals surface area contributed by atoms with Crippen molar-refractivity contribution in [1.29, 1.82) is 0 Å². The number of aryl methyl sites for hydroxylation is 2. The van der Waals surface area contributed by atoms with Crippen LogP contribution in [0.2, 0.25) is 0 Å². The number of carbonyl (C=O) groups is 2. The number of nitrogens with one attached hydrogen (secondary N) is 2. The normalized spacial score (nSPS) is 10.9. The van der Waals surface area contributed by atoms with Crippen LogP contribution >= 0.6 is 0 Å². The lowest BCUT2D eigenvalue weighted by Gasteiger charge is -2.14. The molecule has 0 aliphatic carbocycles. The van der Waals surface area contributed by atoms with E-state index in [1.807, 2.05) is 45.9 Å². The summed E-state index contributed by atoms with van der Waals surface area (Å²) in [6.07, 6.45) is 0.0628. The molecule has 0 unspecified atom stereocenters. The molecule has 0 aliphatic rings. The van der Waals surface area contributed by atoms with Crippen LogP contribution in [0.15, 0.2) is 47.3 Å². The van der Waals surface area contributed by atoms with Gasteiger partial charge in [0.05, 0.1) is 24.5 Å². The molecule has 8 nitrogen and oxygen atoms in total. The highest BCUT2D eigenvalue weighted by atomic mass is 16.5. The van der Waals surface area contributed by atoms with Gasteiger partial charge < -0.3 is 4.74 Å². The second-order valence-electron chi connectivity index (χ2n) is 7.61. The summed E-state index contributed by atoms with van der Waals surface area (Å²) in [5, 5.41) is 5.03. The van der Waals surface area contributed by atoms with Crippen molar-refractivity contribution in [3.63, 3.8) is 0 Å². The van der Waals surface area contributed by atoms with E-state index in [9.17, 15) is 14.4 Å². The van der Waals surface area contributed by atoms with Crippen LogP contribution in [-0.2, 0) is 4.79 Å². The van der Waals surface area contributed by atoms with Crippen LogP contribution in [0.1, 0.15) is 47.9 Å². The highest BCUT2D eigenvalue weighted by Crippen LogP contribution is 2.18. The Bertz CT molecular complexity index is 1180. The van der Waals surface area contributed by atoms with Gasteiger partial charge in [-0.2, -0.15) is 5.10 Å². The van der Waals surface area contributed by atoms with E-state index in [1.54, 1.807) is 24.3 Å². The number of nitrogens with zero attached hydrogens (tertiary/aromatic N) is 2. The van der Waals surface area contributed by atoms with Crippen LogP contribution in [0, 0.1) is 13.8 Å². The van der Waals surface area contributed by atoms with Crippen molar-refractivity contribution in [1.82, 2.24) is 20.6 Å². The van der Waals surface area contributed by atoms with E-state index in [4.69, 9.17) is 4.74 Å². The monoisotopic (exact) mass is 422 g/mol. The van der Waals surface area contributed by atoms with Gasteiger partial charge in [0.25, 0.3) is 11.5 Å². The molecule has 0 bridgehead atoms. The van der Waals surface area contributed by atoms with Gasteiger partial charge in [0.2, 0.25) is 5.91 Å². The summed E-state index contributed by atoms with van der Waals surface area (Å²) in [4.78, 5) is 37.4. The Morgan fingerprint density at radius 2 is 1.77 bits per heavy atom. The molecule has 1 aromatic heterocycles. The van der Waals surface area contributed by atoms with Crippen LogP contribution in [0.25, 0.3) is 10.8 Å². The van der Waals surface area contributed by atoms with Crippen LogP contribution in [-0.4, -0.2) is 28.2 Å². The predicted octanol–water partition coefficient (Wildman–Crippen LogP) is 2.82. The Morgan fingerprint density at radius 3 is 2.45 bits per heavy atom. The van der Waals surface area contributed by atoms with Gasteiger partial charge >= 0.3 is 0 Å². The van der Waals surface area contributed by atoms with E-state index < -0.39 is 11.8 Å². The van der Waals surface area contributed by atoms with Gasteiger partial charge in [0.15, 0.2) is 5.69 Å². The average molecular weight is 422 g/mol. The van der Waals surface area contributed by atoms with Crippen molar-refractivity contribution in [2.75, 3.05) is 6.61 Å². The second-order valence-corrected chi connectivity index (χ2v) is 7.61. The molecular weight excluding hydrogens is 396 g/mol. The number of hydrogen-bond donors (Lipinski definition) is 2. The molecule has 2 amide bonds. The van der Waals surface area contributed by atoms with Gasteiger partial charge in [0, 0.05) is 5.39 Å². The number of benzene rings is 2. The molecule has 0 saturated carbocycles. The topological polar surface area (TPSA) is 102 Å². The minimum atomic E-state index is -0.603. The van der Waals surface area contributed by atoms with Crippen LogP contribution < -0.4 is 21.1 Å². The zero-order valence-corrected chi connectivity index (χ0v) is 18.1. The van der Waals surface area contributed by atoms with Gasteiger partial charge in [-0.3, -0.25) is 25.2 Å². The first-order valence-electron chi connectivity index (χ1n) is 10.1. The summed E-state index contributed by atoms with van der Waals surface area (Å²) in [5.74, 6) is -0.289. The van der Waals surface area contributed by atoms with Crippen LogP contribution in [0.3, 0.4) is 0 Å². The van der Waals surface area contributed by atoms with Crippen molar-refractivity contribution in [2.24, 2.45) is 0 Å². The Morgan fingerprint density at radius 1 is 1.06 bits per heavy atom. The Balaban J connectivity index is 1.64. The van der Waals surface area contributed by atoms with Crippen LogP contribution in [0.4, 0.5) is 0 Å². The van der Waals surface area contributed by atoms with Gasteiger partial charge in [-0.25, -0.2) is 4.68 Å². The van der Waals surface area contributed by atoms with E-state index >= 15 is 0 Å². The zero-order chi connectivity index (χ0) is 22.5. The third-order valence-corrected chi connectivity index (χ3v) is 4.77. The smallest absolute Gasteiger partial charge is 0.290 e. The summed E-state index contributed by atoms with van der Waals surface area (Å²) in [5.41, 5.74) is 6.67. The summed E-state index contributed by atoms with van der Waals surface area (Å²) < 4.78 is 6.90. The number of aromatic nitrogens is 2. The van der Waals surface area contributed by atoms with Crippen molar-refractivity contribution in [3.05, 3.63) is 69.6 Å². The Labute approximate surface area is 180 Å². The first-order valence-corrected chi connectivity index (χ1v) is 10.1. The molecule has 2 aromatic carbocycles. The predicted molar refractivity (Wildman–Crippen MR) is 118 cm³/mol. The standard InChI is InChI=1S/C23H26N4O4/c1-14(2)27-23(30)18-8-6-5-7-17(18)21(26-27)22(29)25-24-20(28)11-12-31-19-10-9-15(3)13-16(19)4/h5-10,13-14H,11-12H2,1-4H3,(H,24,28)(H,25,29). The largest absolute Gasteiger partial charge is 0.493 e. The quantitative estimate of drug-likeness (QED) is 0.595. The molecule has 0 saturated heterocycles. The number of ether oxygens (including phenoxy) is 1. The molecule has 162 valence electrons. The molecular formula is C23H26N4O4. The first-order chi connectivity index (χ1) is 14.8. The molecule has 3 rings (SSSR count). The zero-order valence-electron chi connectivity index (χ0n) is 18.1. The highest BCUT2D eigenvalue weighted by Gasteiger charge is 2.18. The van der Waals surface area contributed by atoms with E-state index in [2.05, 4.69) is 16.0 Å². The number of hydrazine groups is 1. The van der Waals surface area contributed by atoms with Gasteiger partial charge in [-0.1, -0.05) is 35.9 Å². The molecule has 8 heteroatoms. The molecule has 0 spiro atoms.